The molecule has 1 aliphatic heterocycles. The number of nitrogens with one attached hydrogen (secondary N) is 1. The number of benzene rings is 1. The zero-order valence-electron chi connectivity index (χ0n) is 14.3. The normalized spacial score (nSPS) is 20.4. The zero-order valence-corrected chi connectivity index (χ0v) is 14.3. The Kier molecular flexibility index (Phi) is 5.02. The summed E-state index contributed by atoms with van der Waals surface area (Å²) in [6.45, 7) is 2.51. The third kappa shape index (κ3) is 3.52. The summed E-state index contributed by atoms with van der Waals surface area (Å²) in [6, 6.07) is 6.88. The minimum Gasteiger partial charge on any atom is -0.352 e. The molecule has 0 aromatic heterocycles. The van der Waals surface area contributed by atoms with Gasteiger partial charge in [-0.2, -0.15) is 0 Å². The Balaban J connectivity index is 1.63. The van der Waals surface area contributed by atoms with Crippen LogP contribution in [0, 0.1) is 15.5 Å². The van der Waals surface area contributed by atoms with Gasteiger partial charge in [0, 0.05) is 38.3 Å². The summed E-state index contributed by atoms with van der Waals surface area (Å²) in [7, 11) is 1.79. The summed E-state index contributed by atoms with van der Waals surface area (Å²) < 4.78 is 0. The van der Waals surface area contributed by atoms with E-state index in [1.165, 1.54) is 38.5 Å². The minimum atomic E-state index is -0.327. The van der Waals surface area contributed by atoms with Crippen LogP contribution in [0.15, 0.2) is 29.3 Å². The summed E-state index contributed by atoms with van der Waals surface area (Å²) in [5, 5.41) is 14.4. The Hall–Kier alpha value is -2.11. The summed E-state index contributed by atoms with van der Waals surface area (Å²) in [4.78, 5) is 17.5. The smallest absolute Gasteiger partial charge is 0.274 e. The van der Waals surface area contributed by atoms with Gasteiger partial charge in [-0.05, 0) is 24.7 Å². The third-order valence-electron chi connectivity index (χ3n) is 5.49. The maximum atomic E-state index is 11.1. The first-order valence-electron chi connectivity index (χ1n) is 8.81. The lowest BCUT2D eigenvalue weighted by molar-refractivity contribution is -0.385. The van der Waals surface area contributed by atoms with E-state index in [0.29, 0.717) is 17.5 Å². The molecule has 6 heteroatoms. The molecule has 6 nitrogen and oxygen atoms in total. The standard InChI is InChI=1S/C18H26N4O2/c1-19-17(20-13-15-7-3-4-8-16(15)22(23)24)21-12-11-18(14-21)9-5-2-6-10-18/h3-4,7-8H,2,5-6,9-14H2,1H3,(H,19,20). The first-order valence-corrected chi connectivity index (χ1v) is 8.81. The molecule has 1 aromatic carbocycles. The van der Waals surface area contributed by atoms with Crippen LogP contribution in [-0.4, -0.2) is 35.9 Å². The zero-order chi connectivity index (χ0) is 17.0. The largest absolute Gasteiger partial charge is 0.352 e. The molecule has 24 heavy (non-hydrogen) atoms. The molecule has 0 amide bonds. The summed E-state index contributed by atoms with van der Waals surface area (Å²) in [6.07, 6.45) is 7.94. The highest BCUT2D eigenvalue weighted by molar-refractivity contribution is 5.80. The van der Waals surface area contributed by atoms with E-state index in [4.69, 9.17) is 0 Å². The molecule has 0 unspecified atom stereocenters. The van der Waals surface area contributed by atoms with E-state index in [1.54, 1.807) is 25.2 Å². The van der Waals surface area contributed by atoms with Gasteiger partial charge in [0.05, 0.1) is 4.92 Å². The van der Waals surface area contributed by atoms with Crippen molar-refractivity contribution in [3.8, 4) is 0 Å². The average molecular weight is 330 g/mol. The molecule has 1 spiro atoms. The lowest BCUT2D eigenvalue weighted by atomic mass is 9.73. The summed E-state index contributed by atoms with van der Waals surface area (Å²) >= 11 is 0. The Morgan fingerprint density at radius 1 is 1.29 bits per heavy atom. The Morgan fingerprint density at radius 2 is 2.04 bits per heavy atom. The predicted octanol–water partition coefficient (Wildman–Crippen LogP) is 3.33. The quantitative estimate of drug-likeness (QED) is 0.399. The van der Waals surface area contributed by atoms with Crippen molar-refractivity contribution in [3.63, 3.8) is 0 Å². The van der Waals surface area contributed by atoms with Crippen molar-refractivity contribution in [1.82, 2.24) is 10.2 Å². The number of para-hydroxylation sites is 1. The summed E-state index contributed by atoms with van der Waals surface area (Å²) in [5.41, 5.74) is 1.31. The van der Waals surface area contributed by atoms with Gasteiger partial charge in [-0.15, -0.1) is 0 Å². The van der Waals surface area contributed by atoms with Crippen LogP contribution in [0.4, 0.5) is 5.69 Å². The van der Waals surface area contributed by atoms with Crippen LogP contribution >= 0.6 is 0 Å². The van der Waals surface area contributed by atoms with E-state index in [1.807, 2.05) is 6.07 Å². The number of aliphatic imine (C=N–C) groups is 1. The van der Waals surface area contributed by atoms with Crippen molar-refractivity contribution in [2.75, 3.05) is 20.1 Å². The van der Waals surface area contributed by atoms with Crippen molar-refractivity contribution in [2.45, 2.75) is 45.1 Å². The van der Waals surface area contributed by atoms with Gasteiger partial charge in [0.1, 0.15) is 0 Å². The van der Waals surface area contributed by atoms with Crippen LogP contribution in [0.25, 0.3) is 0 Å². The highest BCUT2D eigenvalue weighted by atomic mass is 16.6. The van der Waals surface area contributed by atoms with Gasteiger partial charge in [0.25, 0.3) is 5.69 Å². The van der Waals surface area contributed by atoms with Crippen molar-refractivity contribution in [1.29, 1.82) is 0 Å². The van der Waals surface area contributed by atoms with Crippen molar-refractivity contribution in [3.05, 3.63) is 39.9 Å². The van der Waals surface area contributed by atoms with E-state index in [2.05, 4.69) is 15.2 Å². The second-order valence-electron chi connectivity index (χ2n) is 7.02. The van der Waals surface area contributed by atoms with E-state index >= 15 is 0 Å². The molecule has 130 valence electrons. The molecule has 1 saturated heterocycles. The van der Waals surface area contributed by atoms with Crippen molar-refractivity contribution < 1.29 is 4.92 Å². The molecular weight excluding hydrogens is 304 g/mol. The fourth-order valence-corrected chi connectivity index (χ4v) is 4.17. The van der Waals surface area contributed by atoms with E-state index < -0.39 is 0 Å². The van der Waals surface area contributed by atoms with Gasteiger partial charge in [0.15, 0.2) is 5.96 Å². The monoisotopic (exact) mass is 330 g/mol. The second-order valence-corrected chi connectivity index (χ2v) is 7.02. The molecule has 2 aliphatic rings. The highest BCUT2D eigenvalue weighted by Gasteiger charge is 2.39. The number of likely N-dealkylation sites (tertiary alicyclic amines) is 1. The number of nitro groups is 1. The van der Waals surface area contributed by atoms with Gasteiger partial charge in [-0.1, -0.05) is 37.5 Å². The minimum absolute atomic E-state index is 0.158. The molecule has 1 N–H and O–H groups in total. The van der Waals surface area contributed by atoms with Crippen LogP contribution in [0.5, 0.6) is 0 Å². The number of nitro benzene ring substituents is 1. The molecule has 1 saturated carbocycles. The predicted molar refractivity (Wildman–Crippen MR) is 95.0 cm³/mol. The topological polar surface area (TPSA) is 70.8 Å². The first kappa shape index (κ1) is 16.7. The molecular formula is C18H26N4O2. The van der Waals surface area contributed by atoms with Crippen LogP contribution in [0.2, 0.25) is 0 Å². The SMILES string of the molecule is CN=C(NCc1ccccc1[N+](=O)[O-])N1CCC2(CCCCC2)C1. The molecule has 1 heterocycles. The Bertz CT molecular complexity index is 623. The Morgan fingerprint density at radius 3 is 2.75 bits per heavy atom. The second kappa shape index (κ2) is 7.20. The van der Waals surface area contributed by atoms with E-state index in [0.717, 1.165) is 19.0 Å². The fourth-order valence-electron chi connectivity index (χ4n) is 4.17. The van der Waals surface area contributed by atoms with Gasteiger partial charge in [0.2, 0.25) is 0 Å². The number of hydrogen-bond acceptors (Lipinski definition) is 3. The van der Waals surface area contributed by atoms with Crippen LogP contribution in [-0.2, 0) is 6.54 Å². The molecule has 1 aliphatic carbocycles. The van der Waals surface area contributed by atoms with Gasteiger partial charge in [-0.25, -0.2) is 0 Å². The lowest BCUT2D eigenvalue weighted by Gasteiger charge is -2.33. The molecule has 0 bridgehead atoms. The van der Waals surface area contributed by atoms with E-state index in [9.17, 15) is 10.1 Å². The highest BCUT2D eigenvalue weighted by Crippen LogP contribution is 2.43. The van der Waals surface area contributed by atoms with Gasteiger partial charge >= 0.3 is 0 Å². The van der Waals surface area contributed by atoms with Gasteiger partial charge in [-0.3, -0.25) is 15.1 Å². The fraction of sp³-hybridized carbons (Fsp3) is 0.611. The lowest BCUT2D eigenvalue weighted by Crippen LogP contribution is -2.41. The molecule has 0 radical (unpaired) electrons. The maximum absolute atomic E-state index is 11.1. The molecule has 1 aromatic rings. The Labute approximate surface area is 143 Å². The van der Waals surface area contributed by atoms with Crippen LogP contribution < -0.4 is 5.32 Å². The average Bonchev–Trinajstić information content (AvgIpc) is 2.99. The third-order valence-corrected chi connectivity index (χ3v) is 5.49. The maximum Gasteiger partial charge on any atom is 0.274 e. The molecule has 2 fully saturated rings. The van der Waals surface area contributed by atoms with Crippen molar-refractivity contribution in [2.24, 2.45) is 10.4 Å². The number of nitrogens with zero attached hydrogens (tertiary/aromatic N) is 3. The molecule has 3 rings (SSSR count). The summed E-state index contributed by atoms with van der Waals surface area (Å²) in [5.74, 6) is 0.857. The van der Waals surface area contributed by atoms with Crippen LogP contribution in [0.1, 0.15) is 44.1 Å². The molecule has 0 atom stereocenters. The van der Waals surface area contributed by atoms with E-state index in [-0.39, 0.29) is 10.6 Å². The van der Waals surface area contributed by atoms with Gasteiger partial charge < -0.3 is 10.2 Å². The number of hydrogen-bond donors (Lipinski definition) is 1. The first-order chi connectivity index (χ1) is 11.6. The number of rotatable bonds is 3. The van der Waals surface area contributed by atoms with Crippen molar-refractivity contribution >= 4 is 11.6 Å². The number of guanidine groups is 1. The van der Waals surface area contributed by atoms with Crippen LogP contribution in [0.3, 0.4) is 0 Å².